The molecule has 0 fully saturated rings. The lowest BCUT2D eigenvalue weighted by Gasteiger charge is -2.16. The number of methoxy groups -OCH3 is 1. The van der Waals surface area contributed by atoms with Gasteiger partial charge in [-0.15, -0.1) is 0 Å². The second-order valence-corrected chi connectivity index (χ2v) is 9.06. The first kappa shape index (κ1) is 23.7. The molecule has 34 heavy (non-hydrogen) atoms. The summed E-state index contributed by atoms with van der Waals surface area (Å²) in [6.45, 7) is 10.5. The van der Waals surface area contributed by atoms with Crippen molar-refractivity contribution in [3.05, 3.63) is 131 Å². The Labute approximate surface area is 215 Å². The Morgan fingerprint density at radius 1 is 0.882 bits per heavy atom. The van der Waals surface area contributed by atoms with Gasteiger partial charge < -0.3 is 4.74 Å². The van der Waals surface area contributed by atoms with Gasteiger partial charge in [0.25, 0.3) is 0 Å². The minimum absolute atomic E-state index is 0.827. The maximum absolute atomic E-state index is 5.52. The number of nitrogens with zero attached hydrogens (tertiary/aromatic N) is 1. The summed E-state index contributed by atoms with van der Waals surface area (Å²) in [5, 5.41) is 0. The standard InChI is InChI=1S/C31H26INO/c1-5-11-26(22(3)27-16-10-17-30(34-4)31(27)32)29-19-21(2)18-28(33-29)25-15-9-14-24(20-25)23-12-7-6-8-13-23/h5-20H,1,3H2,2,4H3/b26-11+. The number of rotatable bonds is 7. The van der Waals surface area contributed by atoms with Crippen LogP contribution in [0.1, 0.15) is 16.8 Å². The van der Waals surface area contributed by atoms with Crippen molar-refractivity contribution in [1.29, 1.82) is 0 Å². The third kappa shape index (κ3) is 5.05. The Hall–Kier alpha value is -3.44. The number of aromatic nitrogens is 1. The Morgan fingerprint density at radius 3 is 2.32 bits per heavy atom. The van der Waals surface area contributed by atoms with E-state index < -0.39 is 0 Å². The molecule has 0 bridgehead atoms. The molecule has 3 aromatic carbocycles. The molecule has 1 aromatic heterocycles. The molecule has 0 aliphatic carbocycles. The number of halogens is 1. The Bertz CT molecular complexity index is 1390. The van der Waals surface area contributed by atoms with Crippen molar-refractivity contribution in [2.24, 2.45) is 0 Å². The molecule has 3 heteroatoms. The lowest BCUT2D eigenvalue weighted by Crippen LogP contribution is -1.99. The number of hydrogen-bond donors (Lipinski definition) is 0. The molecule has 2 nitrogen and oxygen atoms in total. The summed E-state index contributed by atoms with van der Waals surface area (Å²) in [6.07, 6.45) is 3.76. The van der Waals surface area contributed by atoms with Crippen LogP contribution >= 0.6 is 22.6 Å². The number of allylic oxidation sites excluding steroid dienone is 4. The summed E-state index contributed by atoms with van der Waals surface area (Å²) in [6, 6.07) is 29.1. The van der Waals surface area contributed by atoms with E-state index in [4.69, 9.17) is 9.72 Å². The quantitative estimate of drug-likeness (QED) is 0.168. The van der Waals surface area contributed by atoms with Crippen LogP contribution in [0, 0.1) is 10.5 Å². The van der Waals surface area contributed by atoms with Crippen LogP contribution in [0.15, 0.2) is 110 Å². The van der Waals surface area contributed by atoms with Gasteiger partial charge in [-0.25, -0.2) is 4.98 Å². The first-order valence-corrected chi connectivity index (χ1v) is 12.1. The number of hydrogen-bond acceptors (Lipinski definition) is 2. The summed E-state index contributed by atoms with van der Waals surface area (Å²) < 4.78 is 6.54. The molecule has 0 amide bonds. The van der Waals surface area contributed by atoms with Gasteiger partial charge in [0, 0.05) is 11.1 Å². The second kappa shape index (κ2) is 10.7. The number of aryl methyl sites for hydroxylation is 1. The van der Waals surface area contributed by atoms with Crippen molar-refractivity contribution >= 4 is 33.7 Å². The highest BCUT2D eigenvalue weighted by atomic mass is 127. The van der Waals surface area contributed by atoms with E-state index in [9.17, 15) is 0 Å². The normalized spacial score (nSPS) is 11.2. The molecule has 0 spiro atoms. The van der Waals surface area contributed by atoms with Crippen LogP contribution in [-0.4, -0.2) is 12.1 Å². The first-order valence-electron chi connectivity index (χ1n) is 11.0. The van der Waals surface area contributed by atoms with E-state index in [1.807, 2.05) is 24.3 Å². The molecule has 0 saturated carbocycles. The Kier molecular flexibility index (Phi) is 7.43. The van der Waals surface area contributed by atoms with Crippen molar-refractivity contribution < 1.29 is 4.74 Å². The molecular weight excluding hydrogens is 529 g/mol. The van der Waals surface area contributed by atoms with Gasteiger partial charge in [0.15, 0.2) is 0 Å². The highest BCUT2D eigenvalue weighted by Crippen LogP contribution is 2.36. The smallest absolute Gasteiger partial charge is 0.132 e. The van der Waals surface area contributed by atoms with Crippen LogP contribution in [0.2, 0.25) is 0 Å². The van der Waals surface area contributed by atoms with Gasteiger partial charge in [-0.05, 0) is 81.6 Å². The summed E-state index contributed by atoms with van der Waals surface area (Å²) in [5.41, 5.74) is 9.18. The minimum atomic E-state index is 0.827. The third-order valence-electron chi connectivity index (χ3n) is 5.63. The van der Waals surface area contributed by atoms with E-state index in [0.29, 0.717) is 0 Å². The molecule has 4 aromatic rings. The van der Waals surface area contributed by atoms with Gasteiger partial charge in [-0.3, -0.25) is 0 Å². The average Bonchev–Trinajstić information content (AvgIpc) is 2.87. The molecule has 0 atom stereocenters. The maximum Gasteiger partial charge on any atom is 0.132 e. The van der Waals surface area contributed by atoms with Crippen LogP contribution in [0.5, 0.6) is 5.75 Å². The van der Waals surface area contributed by atoms with Gasteiger partial charge in [0.05, 0.1) is 22.1 Å². The van der Waals surface area contributed by atoms with Gasteiger partial charge in [-0.1, -0.05) is 86.0 Å². The number of pyridine rings is 1. The molecular formula is C31H26INO. The topological polar surface area (TPSA) is 22.1 Å². The van der Waals surface area contributed by atoms with Crippen LogP contribution in [-0.2, 0) is 0 Å². The van der Waals surface area contributed by atoms with Crippen LogP contribution in [0.25, 0.3) is 33.5 Å². The van der Waals surface area contributed by atoms with E-state index in [-0.39, 0.29) is 0 Å². The van der Waals surface area contributed by atoms with E-state index in [1.54, 1.807) is 13.2 Å². The minimum Gasteiger partial charge on any atom is -0.496 e. The molecule has 0 saturated heterocycles. The summed E-state index contributed by atoms with van der Waals surface area (Å²) >= 11 is 2.31. The zero-order valence-corrected chi connectivity index (χ0v) is 21.5. The highest BCUT2D eigenvalue weighted by Gasteiger charge is 2.16. The summed E-state index contributed by atoms with van der Waals surface area (Å²) in [5.74, 6) is 0.827. The van der Waals surface area contributed by atoms with Crippen molar-refractivity contribution in [2.45, 2.75) is 6.92 Å². The number of ether oxygens (including phenoxy) is 1. The molecule has 0 aliphatic heterocycles. The van der Waals surface area contributed by atoms with Gasteiger partial charge in [0.1, 0.15) is 5.75 Å². The van der Waals surface area contributed by atoms with E-state index in [2.05, 4.69) is 109 Å². The molecule has 1 heterocycles. The first-order chi connectivity index (χ1) is 16.5. The molecule has 0 radical (unpaired) electrons. The number of benzene rings is 3. The lowest BCUT2D eigenvalue weighted by atomic mass is 9.94. The zero-order valence-electron chi connectivity index (χ0n) is 19.4. The fourth-order valence-corrected chi connectivity index (χ4v) is 4.85. The zero-order chi connectivity index (χ0) is 24.1. The van der Waals surface area contributed by atoms with E-state index in [0.717, 1.165) is 48.5 Å². The summed E-state index contributed by atoms with van der Waals surface area (Å²) in [7, 11) is 1.68. The molecule has 4 rings (SSSR count). The van der Waals surface area contributed by atoms with Gasteiger partial charge >= 0.3 is 0 Å². The molecule has 168 valence electrons. The lowest BCUT2D eigenvalue weighted by molar-refractivity contribution is 0.411. The predicted molar refractivity (Wildman–Crippen MR) is 153 cm³/mol. The molecule has 0 unspecified atom stereocenters. The van der Waals surface area contributed by atoms with Crippen LogP contribution in [0.4, 0.5) is 0 Å². The van der Waals surface area contributed by atoms with Crippen LogP contribution in [0.3, 0.4) is 0 Å². The summed E-state index contributed by atoms with van der Waals surface area (Å²) in [4.78, 5) is 5.07. The van der Waals surface area contributed by atoms with E-state index in [1.165, 1.54) is 11.1 Å². The molecule has 0 N–H and O–H groups in total. The monoisotopic (exact) mass is 555 g/mol. The average molecular weight is 555 g/mol. The largest absolute Gasteiger partial charge is 0.496 e. The van der Waals surface area contributed by atoms with Crippen molar-refractivity contribution in [3.63, 3.8) is 0 Å². The second-order valence-electron chi connectivity index (χ2n) is 7.98. The van der Waals surface area contributed by atoms with Crippen LogP contribution < -0.4 is 4.74 Å². The van der Waals surface area contributed by atoms with Gasteiger partial charge in [-0.2, -0.15) is 0 Å². The Morgan fingerprint density at radius 2 is 1.59 bits per heavy atom. The predicted octanol–water partition coefficient (Wildman–Crippen LogP) is 8.62. The van der Waals surface area contributed by atoms with Crippen molar-refractivity contribution in [2.75, 3.05) is 7.11 Å². The van der Waals surface area contributed by atoms with E-state index >= 15 is 0 Å². The highest BCUT2D eigenvalue weighted by molar-refractivity contribution is 14.1. The fraction of sp³-hybridized carbons (Fsp3) is 0.0645. The van der Waals surface area contributed by atoms with Crippen molar-refractivity contribution in [3.8, 4) is 28.1 Å². The maximum atomic E-state index is 5.52. The van der Waals surface area contributed by atoms with Gasteiger partial charge in [0.2, 0.25) is 0 Å². The SMILES string of the molecule is C=C/C=C(\C(=C)c1cccc(OC)c1I)c1cc(C)cc(-c2cccc(-c3ccccc3)c2)n1. The molecule has 0 aliphatic rings. The third-order valence-corrected chi connectivity index (χ3v) is 6.74. The fourth-order valence-electron chi connectivity index (χ4n) is 3.95. The Balaban J connectivity index is 1.79. The van der Waals surface area contributed by atoms with Crippen molar-refractivity contribution in [1.82, 2.24) is 4.98 Å².